The highest BCUT2D eigenvalue weighted by molar-refractivity contribution is 6.24. The highest BCUT2D eigenvalue weighted by Crippen LogP contribution is 2.58. The van der Waals surface area contributed by atoms with Gasteiger partial charge in [-0.3, -0.25) is 9.59 Å². The Morgan fingerprint density at radius 2 is 1.72 bits per heavy atom. The predicted octanol–water partition coefficient (Wildman–Crippen LogP) is 3.86. The van der Waals surface area contributed by atoms with Crippen LogP contribution in [0.2, 0.25) is 0 Å². The number of ether oxygens (including phenoxy) is 1. The molecule has 1 aromatic carbocycles. The van der Waals surface area contributed by atoms with Gasteiger partial charge in [0.05, 0.1) is 18.7 Å². The number of halogens is 3. The Morgan fingerprint density at radius 3 is 2.24 bits per heavy atom. The van der Waals surface area contributed by atoms with Crippen molar-refractivity contribution < 1.29 is 27.5 Å². The zero-order chi connectivity index (χ0) is 18.6. The number of nitrogens with zero attached hydrogens (tertiary/aromatic N) is 1. The number of hydrogen-bond acceptors (Lipinski definition) is 3. The monoisotopic (exact) mass is 353 g/mol. The summed E-state index contributed by atoms with van der Waals surface area (Å²) in [5.41, 5.74) is -1.29. The number of allylic oxidation sites excluding steroid dienone is 2. The number of carbonyl (C=O) groups is 2. The molecule has 1 saturated heterocycles. The standard InChI is InChI=1S/C18H18F3NO3/c1-10-8-14-15(23)22(12-4-6-13(25-3)7-5-12)16(24)17(14,9-11(10)2)18(19,20)21/h4-7,14H,8-9H2,1-3H3/t14-,17-/m1/s1. The fraction of sp³-hybridized carbons (Fsp3) is 0.444. The van der Waals surface area contributed by atoms with Gasteiger partial charge in [-0.25, -0.2) is 4.90 Å². The normalized spacial score (nSPS) is 27.0. The lowest BCUT2D eigenvalue weighted by Gasteiger charge is -2.37. The van der Waals surface area contributed by atoms with E-state index in [1.54, 1.807) is 13.8 Å². The van der Waals surface area contributed by atoms with Gasteiger partial charge in [0.15, 0.2) is 5.41 Å². The van der Waals surface area contributed by atoms with Crippen LogP contribution in [0.3, 0.4) is 0 Å². The van der Waals surface area contributed by atoms with Gasteiger partial charge in [-0.15, -0.1) is 0 Å². The van der Waals surface area contributed by atoms with Gasteiger partial charge < -0.3 is 4.74 Å². The van der Waals surface area contributed by atoms with Crippen LogP contribution in [0.5, 0.6) is 5.75 Å². The molecule has 2 amide bonds. The molecular formula is C18H18F3NO3. The smallest absolute Gasteiger partial charge is 0.404 e. The number of methoxy groups -OCH3 is 1. The molecule has 0 unspecified atom stereocenters. The molecule has 3 rings (SSSR count). The SMILES string of the molecule is COc1ccc(N2C(=O)[C@H]3CC(C)=C(C)C[C@]3(C(F)(F)F)C2=O)cc1. The van der Waals surface area contributed by atoms with Crippen molar-refractivity contribution in [2.75, 3.05) is 12.0 Å². The first kappa shape index (κ1) is 17.5. The number of imide groups is 1. The molecule has 134 valence electrons. The fourth-order valence-electron chi connectivity index (χ4n) is 3.72. The minimum Gasteiger partial charge on any atom is -0.497 e. The number of carbonyl (C=O) groups excluding carboxylic acids is 2. The number of alkyl halides is 3. The molecular weight excluding hydrogens is 335 g/mol. The van der Waals surface area contributed by atoms with E-state index in [-0.39, 0.29) is 12.1 Å². The molecule has 0 saturated carbocycles. The highest BCUT2D eigenvalue weighted by Gasteiger charge is 2.73. The summed E-state index contributed by atoms with van der Waals surface area (Å²) >= 11 is 0. The van der Waals surface area contributed by atoms with Crippen LogP contribution in [0.15, 0.2) is 35.4 Å². The van der Waals surface area contributed by atoms with Crippen molar-refractivity contribution in [3.8, 4) is 5.75 Å². The molecule has 0 bridgehead atoms. The Kier molecular flexibility index (Phi) is 3.93. The van der Waals surface area contributed by atoms with Gasteiger partial charge >= 0.3 is 6.18 Å². The third-order valence-corrected chi connectivity index (χ3v) is 5.32. The first-order valence-corrected chi connectivity index (χ1v) is 7.88. The molecule has 1 aliphatic carbocycles. The first-order valence-electron chi connectivity index (χ1n) is 7.88. The van der Waals surface area contributed by atoms with Crippen molar-refractivity contribution in [1.29, 1.82) is 0 Å². The Morgan fingerprint density at radius 1 is 1.12 bits per heavy atom. The molecule has 2 atom stereocenters. The summed E-state index contributed by atoms with van der Waals surface area (Å²) in [5, 5.41) is 0. The van der Waals surface area contributed by atoms with Crippen LogP contribution in [0, 0.1) is 11.3 Å². The van der Waals surface area contributed by atoms with Crippen molar-refractivity contribution in [3.05, 3.63) is 35.4 Å². The molecule has 1 aromatic rings. The molecule has 0 N–H and O–H groups in total. The van der Waals surface area contributed by atoms with Crippen LogP contribution in [0.1, 0.15) is 26.7 Å². The lowest BCUT2D eigenvalue weighted by Crippen LogP contribution is -2.50. The molecule has 0 radical (unpaired) electrons. The minimum atomic E-state index is -4.80. The number of hydrogen-bond donors (Lipinski definition) is 0. The molecule has 2 aliphatic rings. The number of rotatable bonds is 2. The van der Waals surface area contributed by atoms with E-state index < -0.39 is 35.7 Å². The van der Waals surface area contributed by atoms with Crippen LogP contribution in [0.4, 0.5) is 18.9 Å². The van der Waals surface area contributed by atoms with Crippen LogP contribution >= 0.6 is 0 Å². The molecule has 25 heavy (non-hydrogen) atoms. The summed E-state index contributed by atoms with van der Waals surface area (Å²) in [6, 6.07) is 5.85. The molecule has 1 heterocycles. The van der Waals surface area contributed by atoms with Crippen LogP contribution in [-0.2, 0) is 9.59 Å². The molecule has 7 heteroatoms. The van der Waals surface area contributed by atoms with E-state index in [1.807, 2.05) is 0 Å². The van der Waals surface area contributed by atoms with Gasteiger partial charge in [-0.2, -0.15) is 13.2 Å². The van der Waals surface area contributed by atoms with Gasteiger partial charge in [0.25, 0.3) is 0 Å². The summed E-state index contributed by atoms with van der Waals surface area (Å²) < 4.78 is 46.9. The molecule has 0 aromatic heterocycles. The lowest BCUT2D eigenvalue weighted by molar-refractivity contribution is -0.230. The van der Waals surface area contributed by atoms with Crippen LogP contribution in [-0.4, -0.2) is 25.1 Å². The van der Waals surface area contributed by atoms with E-state index in [2.05, 4.69) is 0 Å². The zero-order valence-electron chi connectivity index (χ0n) is 14.1. The quantitative estimate of drug-likeness (QED) is 0.599. The van der Waals surface area contributed by atoms with Gasteiger partial charge in [0.1, 0.15) is 5.75 Å². The van der Waals surface area contributed by atoms with Crippen molar-refractivity contribution in [3.63, 3.8) is 0 Å². The van der Waals surface area contributed by atoms with E-state index in [0.717, 1.165) is 5.57 Å². The largest absolute Gasteiger partial charge is 0.497 e. The van der Waals surface area contributed by atoms with E-state index in [1.165, 1.54) is 31.4 Å². The van der Waals surface area contributed by atoms with Gasteiger partial charge in [0.2, 0.25) is 11.8 Å². The van der Waals surface area contributed by atoms with E-state index >= 15 is 0 Å². The van der Waals surface area contributed by atoms with E-state index in [9.17, 15) is 22.8 Å². The lowest BCUT2D eigenvalue weighted by atomic mass is 9.65. The maximum atomic E-state index is 14.0. The second-order valence-corrected chi connectivity index (χ2v) is 6.64. The van der Waals surface area contributed by atoms with Crippen molar-refractivity contribution in [2.24, 2.45) is 11.3 Å². The topological polar surface area (TPSA) is 46.6 Å². The summed E-state index contributed by atoms with van der Waals surface area (Å²) in [6.45, 7) is 3.30. The first-order chi connectivity index (χ1) is 11.6. The molecule has 0 spiro atoms. The number of benzene rings is 1. The van der Waals surface area contributed by atoms with Gasteiger partial charge in [-0.05, 0) is 51.0 Å². The average molecular weight is 353 g/mol. The van der Waals surface area contributed by atoms with Gasteiger partial charge in [-0.1, -0.05) is 11.1 Å². The number of fused-ring (bicyclic) bond motifs is 1. The Balaban J connectivity index is 2.11. The van der Waals surface area contributed by atoms with Crippen LogP contribution in [0.25, 0.3) is 0 Å². The Hall–Kier alpha value is -2.31. The average Bonchev–Trinajstić information content (AvgIpc) is 2.77. The van der Waals surface area contributed by atoms with Crippen molar-refractivity contribution >= 4 is 17.5 Å². The maximum absolute atomic E-state index is 14.0. The van der Waals surface area contributed by atoms with E-state index in [0.29, 0.717) is 16.2 Å². The molecule has 1 aliphatic heterocycles. The zero-order valence-corrected chi connectivity index (χ0v) is 14.1. The Bertz CT molecular complexity index is 767. The highest BCUT2D eigenvalue weighted by atomic mass is 19.4. The molecule has 1 fully saturated rings. The third kappa shape index (κ3) is 2.36. The summed E-state index contributed by atoms with van der Waals surface area (Å²) in [5.74, 6) is -2.91. The summed E-state index contributed by atoms with van der Waals surface area (Å²) in [6.07, 6.45) is -5.32. The number of anilines is 1. The second kappa shape index (κ2) is 5.61. The maximum Gasteiger partial charge on any atom is 0.404 e. The molecule has 4 nitrogen and oxygen atoms in total. The summed E-state index contributed by atoms with van der Waals surface area (Å²) in [7, 11) is 1.45. The van der Waals surface area contributed by atoms with Crippen LogP contribution < -0.4 is 9.64 Å². The van der Waals surface area contributed by atoms with Gasteiger partial charge in [0, 0.05) is 0 Å². The predicted molar refractivity (Wildman–Crippen MR) is 85.1 cm³/mol. The number of amides is 2. The Labute approximate surface area is 143 Å². The van der Waals surface area contributed by atoms with Crippen molar-refractivity contribution in [2.45, 2.75) is 32.9 Å². The van der Waals surface area contributed by atoms with Crippen molar-refractivity contribution in [1.82, 2.24) is 0 Å². The minimum absolute atomic E-state index is 0.0530. The second-order valence-electron chi connectivity index (χ2n) is 6.64. The fourth-order valence-corrected chi connectivity index (χ4v) is 3.72. The summed E-state index contributed by atoms with van der Waals surface area (Å²) in [4.78, 5) is 26.3. The third-order valence-electron chi connectivity index (χ3n) is 5.32. The van der Waals surface area contributed by atoms with E-state index in [4.69, 9.17) is 4.74 Å².